The number of fused-ring (bicyclic) bond motifs is 1. The van der Waals surface area contributed by atoms with E-state index in [0.717, 1.165) is 40.5 Å². The number of aromatic nitrogens is 5. The lowest BCUT2D eigenvalue weighted by atomic mass is 10.0. The second-order valence-electron chi connectivity index (χ2n) is 6.59. The minimum Gasteiger partial charge on any atom is -0.507 e. The molecule has 0 radical (unpaired) electrons. The normalized spacial score (nSPS) is 15.5. The lowest BCUT2D eigenvalue weighted by Gasteiger charge is -2.08. The number of rotatable bonds is 4. The third-order valence-electron chi connectivity index (χ3n) is 4.65. The Morgan fingerprint density at radius 2 is 2.10 bits per heavy atom. The number of phenols is 1. The molecule has 11 heteroatoms. The lowest BCUT2D eigenvalue weighted by molar-refractivity contribution is -0.122. The molecule has 1 unspecified atom stereocenters. The van der Waals surface area contributed by atoms with E-state index in [4.69, 9.17) is 9.90 Å². The molecular weight excluding hydrogens is 406 g/mol. The van der Waals surface area contributed by atoms with Crippen LogP contribution in [0.3, 0.4) is 0 Å². The van der Waals surface area contributed by atoms with Crippen molar-refractivity contribution in [1.29, 1.82) is 0 Å². The summed E-state index contributed by atoms with van der Waals surface area (Å²) in [5, 5.41) is 40.2. The molecule has 0 amide bonds. The first-order valence-electron chi connectivity index (χ1n) is 9.20. The molecule has 1 aliphatic rings. The van der Waals surface area contributed by atoms with Crippen LogP contribution in [0, 0.1) is 0 Å². The number of hydrogen-bond donors (Lipinski definition) is 5. The smallest absolute Gasteiger partial charge is 0.290 e. The Kier molecular flexibility index (Phi) is 5.82. The molecule has 1 fully saturated rings. The van der Waals surface area contributed by atoms with Crippen LogP contribution in [0.25, 0.3) is 32.7 Å². The first-order valence-corrected chi connectivity index (χ1v) is 10.0. The van der Waals surface area contributed by atoms with Crippen LogP contribution in [-0.4, -0.2) is 61.2 Å². The largest absolute Gasteiger partial charge is 0.507 e. The van der Waals surface area contributed by atoms with Crippen molar-refractivity contribution in [2.24, 2.45) is 0 Å². The number of anilines is 1. The van der Waals surface area contributed by atoms with E-state index < -0.39 is 0 Å². The average molecular weight is 425 g/mol. The SMILES string of the molecule is O=CO.Oc1cc(-c2cn[nH]c2)ccc1-c1cc2sc(NC3CCNC3)nc2nn1. The monoisotopic (exact) mass is 425 g/mol. The van der Waals surface area contributed by atoms with E-state index in [1.54, 1.807) is 29.8 Å². The van der Waals surface area contributed by atoms with Gasteiger partial charge in [0.05, 0.1) is 16.6 Å². The van der Waals surface area contributed by atoms with Crippen molar-refractivity contribution in [3.05, 3.63) is 36.7 Å². The van der Waals surface area contributed by atoms with Crippen molar-refractivity contribution in [2.45, 2.75) is 12.5 Å². The van der Waals surface area contributed by atoms with Crippen LogP contribution in [-0.2, 0) is 4.79 Å². The van der Waals surface area contributed by atoms with Gasteiger partial charge >= 0.3 is 0 Å². The molecule has 5 N–H and O–H groups in total. The summed E-state index contributed by atoms with van der Waals surface area (Å²) in [5.74, 6) is 0.155. The number of carboxylic acid groups (broad SMARTS) is 1. The van der Waals surface area contributed by atoms with Crippen LogP contribution in [0.1, 0.15) is 6.42 Å². The molecule has 0 saturated carbocycles. The fourth-order valence-corrected chi connectivity index (χ4v) is 4.14. The van der Waals surface area contributed by atoms with E-state index in [1.807, 2.05) is 18.2 Å². The number of nitrogens with one attached hydrogen (secondary N) is 3. The maximum absolute atomic E-state index is 10.5. The minimum atomic E-state index is -0.250. The van der Waals surface area contributed by atoms with Crippen LogP contribution < -0.4 is 10.6 Å². The van der Waals surface area contributed by atoms with Crippen LogP contribution in [0.5, 0.6) is 5.75 Å². The fraction of sp³-hybridized carbons (Fsp3) is 0.211. The van der Waals surface area contributed by atoms with E-state index in [0.29, 0.717) is 22.9 Å². The minimum absolute atomic E-state index is 0.155. The Morgan fingerprint density at radius 1 is 1.23 bits per heavy atom. The summed E-state index contributed by atoms with van der Waals surface area (Å²) in [6, 6.07) is 7.80. The zero-order valence-corrected chi connectivity index (χ0v) is 16.6. The maximum Gasteiger partial charge on any atom is 0.290 e. The van der Waals surface area contributed by atoms with E-state index >= 15 is 0 Å². The number of aromatic hydroxyl groups is 1. The zero-order valence-electron chi connectivity index (χ0n) is 15.7. The van der Waals surface area contributed by atoms with E-state index in [-0.39, 0.29) is 12.2 Å². The van der Waals surface area contributed by atoms with Gasteiger partial charge in [-0.15, -0.1) is 10.2 Å². The molecule has 5 rings (SSSR count). The van der Waals surface area contributed by atoms with Gasteiger partial charge in [0, 0.05) is 29.9 Å². The zero-order chi connectivity index (χ0) is 20.9. The molecule has 4 aromatic rings. The lowest BCUT2D eigenvalue weighted by Crippen LogP contribution is -2.21. The molecule has 30 heavy (non-hydrogen) atoms. The van der Waals surface area contributed by atoms with Crippen molar-refractivity contribution < 1.29 is 15.0 Å². The van der Waals surface area contributed by atoms with Crippen molar-refractivity contribution in [1.82, 2.24) is 30.7 Å². The maximum atomic E-state index is 10.5. The number of carbonyl (C=O) groups is 1. The van der Waals surface area contributed by atoms with Crippen LogP contribution in [0.2, 0.25) is 0 Å². The number of phenolic OH excluding ortho intramolecular Hbond substituents is 1. The summed E-state index contributed by atoms with van der Waals surface area (Å²) in [7, 11) is 0. The van der Waals surface area contributed by atoms with Gasteiger partial charge in [-0.3, -0.25) is 9.89 Å². The molecule has 10 nitrogen and oxygen atoms in total. The molecular formula is C19H19N7O3S. The quantitative estimate of drug-likeness (QED) is 0.310. The fourth-order valence-electron chi connectivity index (χ4n) is 3.23. The first kappa shape index (κ1) is 19.7. The van der Waals surface area contributed by atoms with Crippen LogP contribution in [0.15, 0.2) is 36.7 Å². The Hall–Kier alpha value is -3.57. The van der Waals surface area contributed by atoms with Gasteiger partial charge in [-0.25, -0.2) is 0 Å². The Balaban J connectivity index is 0.000000687. The summed E-state index contributed by atoms with van der Waals surface area (Å²) in [5.41, 5.74) is 3.68. The average Bonchev–Trinajstić information content (AvgIpc) is 3.50. The third-order valence-corrected chi connectivity index (χ3v) is 5.57. The van der Waals surface area contributed by atoms with Crippen molar-refractivity contribution in [2.75, 3.05) is 18.4 Å². The molecule has 1 atom stereocenters. The first-order chi connectivity index (χ1) is 14.7. The van der Waals surface area contributed by atoms with E-state index in [2.05, 4.69) is 36.0 Å². The van der Waals surface area contributed by atoms with Gasteiger partial charge < -0.3 is 20.8 Å². The van der Waals surface area contributed by atoms with Crippen LogP contribution in [0.4, 0.5) is 5.13 Å². The summed E-state index contributed by atoms with van der Waals surface area (Å²) in [6.07, 6.45) is 4.59. The number of H-pyrrole nitrogens is 1. The molecule has 3 aromatic heterocycles. The van der Waals surface area contributed by atoms with Gasteiger partial charge in [-0.05, 0) is 36.7 Å². The molecule has 0 aliphatic carbocycles. The Morgan fingerprint density at radius 3 is 2.80 bits per heavy atom. The van der Waals surface area contributed by atoms with Gasteiger partial charge in [0.1, 0.15) is 5.75 Å². The summed E-state index contributed by atoms with van der Waals surface area (Å²) in [4.78, 5) is 12.9. The summed E-state index contributed by atoms with van der Waals surface area (Å²) >= 11 is 1.55. The molecule has 1 aromatic carbocycles. The highest BCUT2D eigenvalue weighted by atomic mass is 32.1. The number of nitrogens with zero attached hydrogens (tertiary/aromatic N) is 4. The van der Waals surface area contributed by atoms with Gasteiger partial charge in [-0.1, -0.05) is 17.4 Å². The van der Waals surface area contributed by atoms with E-state index in [9.17, 15) is 5.11 Å². The molecule has 0 spiro atoms. The highest BCUT2D eigenvalue weighted by Gasteiger charge is 2.17. The van der Waals surface area contributed by atoms with Crippen LogP contribution >= 0.6 is 11.3 Å². The molecule has 154 valence electrons. The van der Waals surface area contributed by atoms with Crippen molar-refractivity contribution >= 4 is 33.3 Å². The topological polar surface area (TPSA) is 149 Å². The number of benzene rings is 1. The number of aromatic amines is 1. The van der Waals surface area contributed by atoms with E-state index in [1.165, 1.54) is 0 Å². The van der Waals surface area contributed by atoms with Crippen molar-refractivity contribution in [3.63, 3.8) is 0 Å². The summed E-state index contributed by atoms with van der Waals surface area (Å²) < 4.78 is 0.937. The molecule has 0 bridgehead atoms. The number of hydrogen-bond acceptors (Lipinski definition) is 9. The highest BCUT2D eigenvalue weighted by molar-refractivity contribution is 7.22. The predicted octanol–water partition coefficient (Wildman–Crippen LogP) is 2.32. The third kappa shape index (κ3) is 4.21. The standard InChI is InChI=1S/C18H17N7OS.CH2O2/c26-15-5-10(11-7-20-21-8-11)1-2-13(15)14-6-16-17(25-24-14)23-18(27-16)22-12-3-4-19-9-12;2-1-3/h1-2,5-8,12,19,26H,3-4,9H2,(H,20,21)(H,22,23,25);1H,(H,2,3). The van der Waals surface area contributed by atoms with Gasteiger partial charge in [0.25, 0.3) is 6.47 Å². The molecule has 1 saturated heterocycles. The Bertz CT molecular complexity index is 1140. The second-order valence-corrected chi connectivity index (χ2v) is 7.63. The summed E-state index contributed by atoms with van der Waals surface area (Å²) in [6.45, 7) is 1.73. The van der Waals surface area contributed by atoms with Crippen molar-refractivity contribution in [3.8, 4) is 28.1 Å². The predicted molar refractivity (Wildman–Crippen MR) is 113 cm³/mol. The Labute approximate surface area is 175 Å². The molecule has 4 heterocycles. The second kappa shape index (κ2) is 8.84. The van der Waals surface area contributed by atoms with Gasteiger partial charge in [0.15, 0.2) is 10.8 Å². The number of thiazole rings is 1. The highest BCUT2D eigenvalue weighted by Crippen LogP contribution is 2.34. The van der Waals surface area contributed by atoms with Gasteiger partial charge in [0.2, 0.25) is 0 Å². The van der Waals surface area contributed by atoms with Gasteiger partial charge in [-0.2, -0.15) is 10.1 Å². The molecule has 1 aliphatic heterocycles.